The molecule has 64 heavy (non-hydrogen) atoms. The lowest BCUT2D eigenvalue weighted by atomic mass is 9.86. The number of ketones is 1. The largest absolute Gasteiger partial charge is 0.472 e. The predicted octanol–water partition coefficient (Wildman–Crippen LogP) is 5.40. The normalized spacial score (nSPS) is 24.0. The lowest BCUT2D eigenvalue weighted by Gasteiger charge is -2.22. The number of hydrogen-bond acceptors (Lipinski definition) is 13. The molecule has 5 N–H and O–H groups in total. The minimum absolute atomic E-state index is 0.0372. The van der Waals surface area contributed by atoms with E-state index in [1.807, 2.05) is 12.1 Å². The predicted molar refractivity (Wildman–Crippen MR) is 240 cm³/mol. The molecule has 0 radical (unpaired) electrons. The average molecular weight is 954 g/mol. The number of aromatic nitrogens is 2. The van der Waals surface area contributed by atoms with E-state index in [1.54, 1.807) is 23.9 Å². The lowest BCUT2D eigenvalue weighted by Crippen LogP contribution is -2.41. The Hall–Kier alpha value is -3.71. The molecule has 1 aromatic carbocycles. The van der Waals surface area contributed by atoms with E-state index in [1.165, 1.54) is 11.0 Å². The Morgan fingerprint density at radius 2 is 1.67 bits per heavy atom. The number of nitrogens with zero attached hydrogens (tertiary/aromatic N) is 2. The van der Waals surface area contributed by atoms with E-state index in [0.717, 1.165) is 81.1 Å². The van der Waals surface area contributed by atoms with Crippen LogP contribution in [0.5, 0.6) is 0 Å². The van der Waals surface area contributed by atoms with Crippen molar-refractivity contribution in [2.24, 2.45) is 0 Å². The number of thioether (sulfide) groups is 1. The summed E-state index contributed by atoms with van der Waals surface area (Å²) in [6, 6.07) is 6.86. The van der Waals surface area contributed by atoms with Crippen molar-refractivity contribution in [2.45, 2.75) is 133 Å². The van der Waals surface area contributed by atoms with Crippen molar-refractivity contribution in [2.75, 3.05) is 32.7 Å². The fraction of sp³-hybridized carbons (Fsp3) is 0.619. The molecular weight excluding hydrogens is 892 g/mol. The van der Waals surface area contributed by atoms with E-state index in [4.69, 9.17) is 13.8 Å². The highest BCUT2D eigenvalue weighted by Gasteiger charge is 2.50. The molecule has 22 heteroatoms. The van der Waals surface area contributed by atoms with E-state index in [-0.39, 0.29) is 52.5 Å². The zero-order chi connectivity index (χ0) is 46.8. The Labute approximate surface area is 376 Å². The van der Waals surface area contributed by atoms with Gasteiger partial charge in [-0.25, -0.2) is 14.2 Å². The molecule has 8 atom stereocenters. The molecule has 0 spiro atoms. The standard InChI is InChI=1S/C42H61N5O14P2S/c1-42(2,3)29-19-16-27(17-20-29)39(51)47-31-26-64-34(37(31)44-41(47)53)15-11-10-14-30(48)13-9-7-6-8-12-22-43-35(49)21-18-28-24-46(40(52)45-38(28)50)36-23-32(61-63(56,57)58-4)33(60-36)25-59-62(5,54)55/h16-21,24,31-34,36-37H,6-15,22-23,25-26H2,1-5H3,(H,43,49)(H,44,53)(H,54,55)(H,56,57)(H,45,50,52)/b21-18+/t31?,32?,33-,34?,36-,37?/m1/s1. The van der Waals surface area contributed by atoms with Gasteiger partial charge in [-0.15, -0.1) is 0 Å². The van der Waals surface area contributed by atoms with Gasteiger partial charge in [0.1, 0.15) is 24.2 Å². The van der Waals surface area contributed by atoms with Crippen LogP contribution in [-0.4, -0.2) is 110 Å². The molecule has 6 unspecified atom stereocenters. The van der Waals surface area contributed by atoms with Crippen molar-refractivity contribution in [1.29, 1.82) is 0 Å². The Morgan fingerprint density at radius 3 is 2.34 bits per heavy atom. The van der Waals surface area contributed by atoms with E-state index >= 15 is 0 Å². The van der Waals surface area contributed by atoms with Gasteiger partial charge in [0.25, 0.3) is 11.5 Å². The smallest absolute Gasteiger partial charge is 0.353 e. The SMILES string of the molecule is COP(=O)(O)OC1C[C@H](n2cc(/C=C/C(=O)NCCCCCCCC(=O)CCCCC3SCC4C3NC(=O)N4C(=O)c3ccc(C(C)(C)C)cc3)c(=O)[nH]c2=O)O[C@@H]1COP(C)(=O)O. The van der Waals surface area contributed by atoms with Crippen LogP contribution < -0.4 is 21.9 Å². The van der Waals surface area contributed by atoms with Gasteiger partial charge < -0.3 is 29.7 Å². The summed E-state index contributed by atoms with van der Waals surface area (Å²) in [4.78, 5) is 99.4. The van der Waals surface area contributed by atoms with Gasteiger partial charge in [-0.2, -0.15) is 11.8 Å². The van der Waals surface area contributed by atoms with Crippen LogP contribution in [0.4, 0.5) is 4.79 Å². The number of benzene rings is 1. The van der Waals surface area contributed by atoms with E-state index in [9.17, 15) is 47.7 Å². The number of fused-ring (bicyclic) bond motifs is 1. The van der Waals surface area contributed by atoms with Crippen LogP contribution in [0.15, 0.2) is 46.1 Å². The van der Waals surface area contributed by atoms with Crippen LogP contribution in [0.25, 0.3) is 6.08 Å². The number of imide groups is 1. The second kappa shape index (κ2) is 22.7. The molecule has 2 aromatic rings. The number of nitrogens with one attached hydrogen (secondary N) is 3. The van der Waals surface area contributed by atoms with Gasteiger partial charge in [0, 0.05) is 68.4 Å². The van der Waals surface area contributed by atoms with Crippen molar-refractivity contribution >= 4 is 56.9 Å². The molecular formula is C42H61N5O14P2S. The minimum atomic E-state index is -4.53. The Balaban J connectivity index is 0.945. The average Bonchev–Trinajstić information content (AvgIpc) is 3.91. The summed E-state index contributed by atoms with van der Waals surface area (Å²) in [6.45, 7) is 7.14. The number of aromatic amines is 1. The first-order chi connectivity index (χ1) is 30.2. The maximum absolute atomic E-state index is 13.3. The minimum Gasteiger partial charge on any atom is -0.353 e. The number of hydrogen-bond donors (Lipinski definition) is 5. The molecule has 0 bridgehead atoms. The molecule has 3 saturated heterocycles. The highest BCUT2D eigenvalue weighted by molar-refractivity contribution is 8.00. The molecule has 3 aliphatic heterocycles. The van der Waals surface area contributed by atoms with Gasteiger partial charge in [-0.1, -0.05) is 58.6 Å². The number of H-pyrrole nitrogens is 1. The Bertz CT molecular complexity index is 2220. The highest BCUT2D eigenvalue weighted by Crippen LogP contribution is 2.48. The summed E-state index contributed by atoms with van der Waals surface area (Å²) >= 11 is 1.78. The van der Waals surface area contributed by atoms with Gasteiger partial charge in [0.15, 0.2) is 0 Å². The fourth-order valence-corrected chi connectivity index (χ4v) is 10.5. The maximum atomic E-state index is 13.3. The van der Waals surface area contributed by atoms with Crippen molar-refractivity contribution in [1.82, 2.24) is 25.1 Å². The van der Waals surface area contributed by atoms with Crippen molar-refractivity contribution < 1.29 is 56.4 Å². The summed E-state index contributed by atoms with van der Waals surface area (Å²) in [6.07, 6.45) is 7.45. The number of amides is 4. The number of urea groups is 1. The van der Waals surface area contributed by atoms with Gasteiger partial charge >= 0.3 is 27.1 Å². The third-order valence-corrected chi connectivity index (χ3v) is 14.5. The fourth-order valence-electron chi connectivity index (χ4n) is 7.82. The molecule has 4 heterocycles. The van der Waals surface area contributed by atoms with Crippen LogP contribution in [0.2, 0.25) is 0 Å². The summed E-state index contributed by atoms with van der Waals surface area (Å²) in [5.41, 5.74) is -0.126. The van der Waals surface area contributed by atoms with Gasteiger partial charge in [-0.3, -0.25) is 47.2 Å². The number of Topliss-reactive ketones (excluding diaryl/α,β-unsaturated/α-hetero) is 1. The number of ether oxygens (including phenoxy) is 1. The van der Waals surface area contributed by atoms with Crippen LogP contribution >= 0.6 is 27.2 Å². The third kappa shape index (κ3) is 14.6. The number of phosphoric ester groups is 1. The first-order valence-electron chi connectivity index (χ1n) is 21.5. The third-order valence-electron chi connectivity index (χ3n) is 11.4. The zero-order valence-electron chi connectivity index (χ0n) is 36.9. The molecule has 0 saturated carbocycles. The van der Waals surface area contributed by atoms with Crippen molar-refractivity contribution in [3.05, 3.63) is 74.1 Å². The Kier molecular flexibility index (Phi) is 18.2. The molecule has 5 rings (SSSR count). The lowest BCUT2D eigenvalue weighted by molar-refractivity contribution is -0.119. The molecule has 3 aliphatic rings. The number of rotatable bonds is 23. The van der Waals surface area contributed by atoms with Gasteiger partial charge in [-0.05, 0) is 54.9 Å². The molecule has 0 aliphatic carbocycles. The van der Waals surface area contributed by atoms with Crippen molar-refractivity contribution in [3.63, 3.8) is 0 Å². The zero-order valence-corrected chi connectivity index (χ0v) is 39.5. The van der Waals surface area contributed by atoms with E-state index in [0.29, 0.717) is 37.1 Å². The number of phosphoric acid groups is 1. The van der Waals surface area contributed by atoms with Crippen LogP contribution in [0.1, 0.15) is 119 Å². The summed E-state index contributed by atoms with van der Waals surface area (Å²) in [5, 5.41) is 5.99. The number of carbonyl (C=O) groups is 4. The molecule has 4 amide bonds. The topological polar surface area (TPSA) is 262 Å². The monoisotopic (exact) mass is 953 g/mol. The van der Waals surface area contributed by atoms with Crippen molar-refractivity contribution in [3.8, 4) is 0 Å². The summed E-state index contributed by atoms with van der Waals surface area (Å²) in [5.74, 6) is 0.181. The first kappa shape index (κ1) is 51.3. The maximum Gasteiger partial charge on any atom is 0.472 e. The molecule has 1 aromatic heterocycles. The van der Waals surface area contributed by atoms with E-state index < -0.39 is 57.6 Å². The molecule has 19 nitrogen and oxygen atoms in total. The number of unbranched alkanes of at least 4 members (excludes halogenated alkanes) is 5. The van der Waals surface area contributed by atoms with Gasteiger partial charge in [0.05, 0.1) is 24.3 Å². The van der Waals surface area contributed by atoms with Crippen LogP contribution in [0, 0.1) is 0 Å². The molecule has 354 valence electrons. The quantitative estimate of drug-likeness (QED) is 0.0404. The molecule has 3 fully saturated rings. The van der Waals surface area contributed by atoms with Gasteiger partial charge in [0.2, 0.25) is 5.91 Å². The highest BCUT2D eigenvalue weighted by atomic mass is 32.2. The van der Waals surface area contributed by atoms with Crippen LogP contribution in [0.3, 0.4) is 0 Å². The van der Waals surface area contributed by atoms with Crippen LogP contribution in [-0.2, 0) is 42.4 Å². The summed E-state index contributed by atoms with van der Waals surface area (Å²) in [7, 11) is -7.55. The van der Waals surface area contributed by atoms with E-state index in [2.05, 4.69) is 40.9 Å². The second-order valence-electron chi connectivity index (χ2n) is 17.4. The number of carbonyl (C=O) groups excluding carboxylic acids is 4. The Morgan fingerprint density at radius 1 is 1.00 bits per heavy atom. The first-order valence-corrected chi connectivity index (χ1v) is 26.1. The summed E-state index contributed by atoms with van der Waals surface area (Å²) < 4.78 is 45.0. The second-order valence-corrected chi connectivity index (χ2v) is 22.0.